The molecule has 1 fully saturated rings. The molecule has 1 rings (SSSR count). The van der Waals surface area contributed by atoms with Crippen LogP contribution < -0.4 is 11.1 Å². The summed E-state index contributed by atoms with van der Waals surface area (Å²) in [6.07, 6.45) is -3.85. The van der Waals surface area contributed by atoms with Crippen LogP contribution in [0.2, 0.25) is 0 Å². The topological polar surface area (TPSA) is 95.7 Å². The van der Waals surface area contributed by atoms with Crippen LogP contribution >= 0.6 is 0 Å². The Morgan fingerprint density at radius 2 is 2.05 bits per heavy atom. The van der Waals surface area contributed by atoms with E-state index in [-0.39, 0.29) is 19.5 Å². The summed E-state index contributed by atoms with van der Waals surface area (Å²) in [5.41, 5.74) is 3.33. The van der Waals surface area contributed by atoms with Gasteiger partial charge in [0.1, 0.15) is 6.54 Å². The molecule has 0 aromatic rings. The minimum absolute atomic E-state index is 0.151. The van der Waals surface area contributed by atoms with Crippen LogP contribution in [0.15, 0.2) is 0 Å². The van der Waals surface area contributed by atoms with Crippen LogP contribution in [0.5, 0.6) is 0 Å². The molecule has 1 aliphatic heterocycles. The van der Waals surface area contributed by atoms with Crippen molar-refractivity contribution < 1.29 is 27.9 Å². The Morgan fingerprint density at radius 3 is 2.58 bits per heavy atom. The Labute approximate surface area is 107 Å². The van der Waals surface area contributed by atoms with E-state index in [4.69, 9.17) is 5.73 Å². The van der Waals surface area contributed by atoms with E-state index in [0.29, 0.717) is 13.0 Å². The molecule has 2 amide bonds. The third-order valence-corrected chi connectivity index (χ3v) is 2.86. The van der Waals surface area contributed by atoms with Crippen molar-refractivity contribution in [3.05, 3.63) is 0 Å². The highest BCUT2D eigenvalue weighted by atomic mass is 19.4. The molecule has 0 spiro atoms. The lowest BCUT2D eigenvalue weighted by atomic mass is 9.92. The highest BCUT2D eigenvalue weighted by Crippen LogP contribution is 2.20. The summed E-state index contributed by atoms with van der Waals surface area (Å²) >= 11 is 0. The van der Waals surface area contributed by atoms with Gasteiger partial charge in [-0.05, 0) is 19.4 Å². The Morgan fingerprint density at radius 1 is 1.42 bits per heavy atom. The normalized spacial score (nSPS) is 25.1. The number of hydrogen-bond donors (Lipinski definition) is 3. The van der Waals surface area contributed by atoms with E-state index < -0.39 is 30.1 Å². The van der Waals surface area contributed by atoms with E-state index in [1.807, 2.05) is 0 Å². The number of piperidine rings is 1. The van der Waals surface area contributed by atoms with Gasteiger partial charge in [0.15, 0.2) is 5.60 Å². The van der Waals surface area contributed by atoms with Crippen molar-refractivity contribution in [1.29, 1.82) is 0 Å². The van der Waals surface area contributed by atoms with Crippen LogP contribution in [0.25, 0.3) is 0 Å². The first-order chi connectivity index (χ1) is 8.62. The molecule has 0 aromatic carbocycles. The summed E-state index contributed by atoms with van der Waals surface area (Å²) in [7, 11) is 0. The molecule has 9 heteroatoms. The van der Waals surface area contributed by atoms with E-state index in [1.165, 1.54) is 4.90 Å². The number of rotatable bonds is 4. The fourth-order valence-corrected chi connectivity index (χ4v) is 1.92. The van der Waals surface area contributed by atoms with Gasteiger partial charge in [-0.15, -0.1) is 0 Å². The van der Waals surface area contributed by atoms with Gasteiger partial charge < -0.3 is 16.2 Å². The first-order valence-corrected chi connectivity index (χ1v) is 5.70. The molecule has 0 saturated carbocycles. The van der Waals surface area contributed by atoms with E-state index >= 15 is 0 Å². The van der Waals surface area contributed by atoms with Crippen molar-refractivity contribution >= 4 is 11.8 Å². The van der Waals surface area contributed by atoms with Gasteiger partial charge in [-0.2, -0.15) is 13.2 Å². The smallest absolute Gasteiger partial charge is 0.379 e. The molecule has 0 radical (unpaired) electrons. The van der Waals surface area contributed by atoms with Gasteiger partial charge in [-0.1, -0.05) is 0 Å². The zero-order valence-corrected chi connectivity index (χ0v) is 10.2. The number of amides is 2. The van der Waals surface area contributed by atoms with Gasteiger partial charge in [0, 0.05) is 6.54 Å². The van der Waals surface area contributed by atoms with Crippen LogP contribution in [0.4, 0.5) is 13.2 Å². The molecule has 1 unspecified atom stereocenters. The SMILES string of the molecule is NC(=O)C1(O)CCCN(CC(=O)NCC(F)(F)F)C1. The van der Waals surface area contributed by atoms with E-state index in [2.05, 4.69) is 0 Å². The number of alkyl halides is 3. The van der Waals surface area contributed by atoms with E-state index in [0.717, 1.165) is 0 Å². The second kappa shape index (κ2) is 5.74. The number of carbonyl (C=O) groups excluding carboxylic acids is 2. The fourth-order valence-electron chi connectivity index (χ4n) is 1.92. The molecular weight excluding hydrogens is 267 g/mol. The predicted octanol–water partition coefficient (Wildman–Crippen LogP) is -1.02. The van der Waals surface area contributed by atoms with Crippen LogP contribution in [0, 0.1) is 0 Å². The molecule has 1 heterocycles. The minimum Gasteiger partial charge on any atom is -0.379 e. The zero-order valence-electron chi connectivity index (χ0n) is 10.2. The lowest BCUT2D eigenvalue weighted by molar-refractivity contribution is -0.145. The second-order valence-electron chi connectivity index (χ2n) is 4.60. The Balaban J connectivity index is 2.45. The summed E-state index contributed by atoms with van der Waals surface area (Å²) in [4.78, 5) is 23.8. The average molecular weight is 283 g/mol. The molecule has 0 aromatic heterocycles. The maximum atomic E-state index is 11.9. The standard InChI is InChI=1S/C10H16F3N3O3/c11-10(12,13)5-15-7(17)4-16-3-1-2-9(19,6-16)8(14)18/h19H,1-6H2,(H2,14,18)(H,15,17). The maximum absolute atomic E-state index is 11.9. The first-order valence-electron chi connectivity index (χ1n) is 5.70. The third kappa shape index (κ3) is 5.03. The molecular formula is C10H16F3N3O3. The number of halogens is 3. The highest BCUT2D eigenvalue weighted by molar-refractivity contribution is 5.84. The van der Waals surface area contributed by atoms with Crippen LogP contribution in [-0.2, 0) is 9.59 Å². The number of nitrogens with zero attached hydrogens (tertiary/aromatic N) is 1. The molecule has 0 bridgehead atoms. The summed E-state index contributed by atoms with van der Waals surface area (Å²) in [6, 6.07) is 0. The van der Waals surface area contributed by atoms with Crippen LogP contribution in [-0.4, -0.2) is 59.8 Å². The Hall–Kier alpha value is -1.35. The molecule has 1 saturated heterocycles. The van der Waals surface area contributed by atoms with E-state index in [9.17, 15) is 27.9 Å². The lowest BCUT2D eigenvalue weighted by Gasteiger charge is -2.36. The van der Waals surface area contributed by atoms with Crippen molar-refractivity contribution in [2.24, 2.45) is 5.73 Å². The summed E-state index contributed by atoms with van der Waals surface area (Å²) in [6.45, 7) is -1.46. The molecule has 6 nitrogen and oxygen atoms in total. The zero-order chi connectivity index (χ0) is 14.7. The van der Waals surface area contributed by atoms with Crippen molar-refractivity contribution in [2.75, 3.05) is 26.2 Å². The molecule has 1 atom stereocenters. The largest absolute Gasteiger partial charge is 0.405 e. The van der Waals surface area contributed by atoms with Crippen molar-refractivity contribution in [1.82, 2.24) is 10.2 Å². The molecule has 110 valence electrons. The minimum atomic E-state index is -4.47. The van der Waals surface area contributed by atoms with Crippen molar-refractivity contribution in [3.63, 3.8) is 0 Å². The van der Waals surface area contributed by atoms with Crippen molar-refractivity contribution in [2.45, 2.75) is 24.6 Å². The second-order valence-corrected chi connectivity index (χ2v) is 4.60. The molecule has 4 N–H and O–H groups in total. The number of nitrogens with two attached hydrogens (primary N) is 1. The van der Waals surface area contributed by atoms with Crippen molar-refractivity contribution in [3.8, 4) is 0 Å². The third-order valence-electron chi connectivity index (χ3n) is 2.86. The maximum Gasteiger partial charge on any atom is 0.405 e. The number of aliphatic hydroxyl groups is 1. The van der Waals surface area contributed by atoms with Crippen LogP contribution in [0.3, 0.4) is 0 Å². The van der Waals surface area contributed by atoms with Gasteiger partial charge in [0.05, 0.1) is 6.54 Å². The Bertz CT molecular complexity index is 362. The number of hydrogen-bond acceptors (Lipinski definition) is 4. The van der Waals surface area contributed by atoms with Gasteiger partial charge >= 0.3 is 6.18 Å². The summed E-state index contributed by atoms with van der Waals surface area (Å²) in [5.74, 6) is -1.71. The van der Waals surface area contributed by atoms with E-state index in [1.54, 1.807) is 5.32 Å². The predicted molar refractivity (Wildman–Crippen MR) is 58.9 cm³/mol. The van der Waals surface area contributed by atoms with Gasteiger partial charge in [-0.3, -0.25) is 14.5 Å². The summed E-state index contributed by atoms with van der Waals surface area (Å²) < 4.78 is 35.7. The van der Waals surface area contributed by atoms with Gasteiger partial charge in [0.2, 0.25) is 5.91 Å². The summed E-state index contributed by atoms with van der Waals surface area (Å²) in [5, 5.41) is 11.6. The number of primary amides is 1. The number of carbonyl (C=O) groups is 2. The molecule has 0 aliphatic carbocycles. The number of likely N-dealkylation sites (tertiary alicyclic amines) is 1. The Kier molecular flexibility index (Phi) is 4.75. The molecule has 1 aliphatic rings. The highest BCUT2D eigenvalue weighted by Gasteiger charge is 2.39. The number of β-amino-alcohol motifs (C(OH)–C–C–N with tert-alkyl or cyclic N) is 1. The average Bonchev–Trinajstić information content (AvgIpc) is 2.25. The van der Waals surface area contributed by atoms with Crippen LogP contribution in [0.1, 0.15) is 12.8 Å². The van der Waals surface area contributed by atoms with Gasteiger partial charge in [-0.25, -0.2) is 0 Å². The first kappa shape index (κ1) is 15.7. The molecule has 19 heavy (non-hydrogen) atoms. The monoisotopic (exact) mass is 283 g/mol. The lowest BCUT2D eigenvalue weighted by Crippen LogP contribution is -2.57. The van der Waals surface area contributed by atoms with Gasteiger partial charge in [0.25, 0.3) is 5.91 Å². The quantitative estimate of drug-likeness (QED) is 0.615. The fraction of sp³-hybridized carbons (Fsp3) is 0.800. The number of nitrogens with one attached hydrogen (secondary N) is 1.